The largest absolute Gasteiger partial charge is 0.508 e. The highest BCUT2D eigenvalue weighted by Crippen LogP contribution is 2.70. The molecule has 5 saturated carbocycles. The molecule has 5 aliphatic carbocycles. The van der Waals surface area contributed by atoms with Crippen molar-refractivity contribution >= 4 is 0 Å². The molecule has 2 saturated heterocycles. The molecule has 2 heterocycles. The Labute approximate surface area is 265 Å². The summed E-state index contributed by atoms with van der Waals surface area (Å²) in [6.45, 7) is 9.42. The number of phenols is 1. The third-order valence-electron chi connectivity index (χ3n) is 15.9. The van der Waals surface area contributed by atoms with Crippen LogP contribution >= 0.6 is 0 Å². The predicted octanol–water partition coefficient (Wildman–Crippen LogP) is 6.41. The van der Waals surface area contributed by atoms with Gasteiger partial charge in [0, 0.05) is 19.1 Å². The van der Waals surface area contributed by atoms with E-state index in [1.165, 1.54) is 37.8 Å². The number of aryl methyl sites for hydroxylation is 1. The number of aliphatic hydroxyl groups is 3. The Bertz CT molecular complexity index is 1230. The number of aliphatic hydroxyl groups excluding tert-OH is 2. The van der Waals surface area contributed by atoms with E-state index >= 15 is 0 Å². The molecular weight excluding hydrogens is 546 g/mol. The van der Waals surface area contributed by atoms with Crippen molar-refractivity contribution < 1.29 is 20.4 Å². The molecule has 1 spiro atoms. The van der Waals surface area contributed by atoms with Crippen LogP contribution in [-0.2, 0) is 6.42 Å². The van der Waals surface area contributed by atoms with E-state index in [9.17, 15) is 20.4 Å². The van der Waals surface area contributed by atoms with Crippen molar-refractivity contribution in [2.24, 2.45) is 64.1 Å². The van der Waals surface area contributed by atoms with Gasteiger partial charge in [0.15, 0.2) is 0 Å². The van der Waals surface area contributed by atoms with E-state index < -0.39 is 5.60 Å². The van der Waals surface area contributed by atoms with Gasteiger partial charge in [0.05, 0.1) is 17.8 Å². The monoisotopic (exact) mass is 605 g/mol. The second-order valence-electron chi connectivity index (χ2n) is 18.1. The predicted molar refractivity (Wildman–Crippen MR) is 173 cm³/mol. The summed E-state index contributed by atoms with van der Waals surface area (Å²) < 4.78 is 0. The average molecular weight is 606 g/mol. The molecular formula is C39H59NO4. The van der Waals surface area contributed by atoms with Gasteiger partial charge in [0.2, 0.25) is 0 Å². The van der Waals surface area contributed by atoms with Crippen molar-refractivity contribution in [1.29, 1.82) is 0 Å². The Morgan fingerprint density at radius 2 is 1.70 bits per heavy atom. The summed E-state index contributed by atoms with van der Waals surface area (Å²) in [6, 6.07) is 8.04. The van der Waals surface area contributed by atoms with Crippen LogP contribution in [0.3, 0.4) is 0 Å². The maximum absolute atomic E-state index is 12.1. The summed E-state index contributed by atoms with van der Waals surface area (Å²) in [6.07, 6.45) is 13.7. The molecule has 4 N–H and O–H groups in total. The molecule has 1 aromatic carbocycles. The van der Waals surface area contributed by atoms with Crippen molar-refractivity contribution in [2.75, 3.05) is 13.1 Å². The fourth-order valence-electron chi connectivity index (χ4n) is 14.1. The number of aromatic hydroxyl groups is 1. The quantitative estimate of drug-likeness (QED) is 0.320. The molecule has 5 nitrogen and oxygen atoms in total. The molecule has 0 unspecified atom stereocenters. The fourth-order valence-corrected chi connectivity index (χ4v) is 14.1. The molecule has 5 heteroatoms. The Morgan fingerprint density at radius 1 is 0.864 bits per heavy atom. The summed E-state index contributed by atoms with van der Waals surface area (Å²) in [4.78, 5) is 2.69. The van der Waals surface area contributed by atoms with E-state index in [1.54, 1.807) is 6.07 Å². The van der Waals surface area contributed by atoms with Gasteiger partial charge in [-0.1, -0.05) is 26.0 Å². The number of benzene rings is 1. The molecule has 244 valence electrons. The number of piperidine rings is 2. The third kappa shape index (κ3) is 4.60. The lowest BCUT2D eigenvalue weighted by molar-refractivity contribution is -0.180. The number of phenolic OH excluding ortho intramolecular Hbond substituents is 1. The van der Waals surface area contributed by atoms with Crippen LogP contribution in [0.1, 0.15) is 103 Å². The molecule has 8 rings (SSSR count). The zero-order chi connectivity index (χ0) is 30.6. The summed E-state index contributed by atoms with van der Waals surface area (Å²) in [5.41, 5.74) is 0.676. The van der Waals surface area contributed by atoms with Gasteiger partial charge in [-0.3, -0.25) is 4.90 Å². The SMILES string of the molecule is C[C@@H]1CC[C@H]2N(C1)C[C@H]1[C@H]3C[C@@H]4[C@@H](C[C@H](O)[C@@H]5C[C@@H](O)[C@@]6(CC[C@H](CCc7cccc(O)c7)C6)C[C@]45C)[C@H]3CC[C@H]1[C@]2(C)O. The molecule has 7 aliphatic rings. The Kier molecular flexibility index (Phi) is 7.34. The van der Waals surface area contributed by atoms with Gasteiger partial charge in [-0.25, -0.2) is 0 Å². The number of rotatable bonds is 3. The molecule has 0 aromatic heterocycles. The van der Waals surface area contributed by atoms with Gasteiger partial charge >= 0.3 is 0 Å². The van der Waals surface area contributed by atoms with Crippen molar-refractivity contribution in [3.63, 3.8) is 0 Å². The van der Waals surface area contributed by atoms with Gasteiger partial charge in [-0.15, -0.1) is 0 Å². The summed E-state index contributed by atoms with van der Waals surface area (Å²) >= 11 is 0. The van der Waals surface area contributed by atoms with Gasteiger partial charge in [-0.2, -0.15) is 0 Å². The lowest BCUT2D eigenvalue weighted by Gasteiger charge is -2.60. The standard InChI is InChI=1S/C39H59NO4/c1-23-7-12-35-38(3,44)31-11-10-27-28(30(31)21-40(35)20-23)16-32-29(27)17-34(42)33-18-36(43)39(22-37(32,33)2)14-13-25(19-39)9-8-24-5-4-6-26(41)15-24/h4-6,15,23,25,27-36,41-44H,7-14,16-22H2,1-3H3/t23-,25+,27+,28+,29+,30+,31-,32-,33+,34+,35-,36-,37-,38+,39-/m1/s1. The number of nitrogens with zero attached hydrogens (tertiary/aromatic N) is 1. The Hall–Kier alpha value is -1.14. The van der Waals surface area contributed by atoms with E-state index in [1.807, 2.05) is 12.1 Å². The first-order valence-electron chi connectivity index (χ1n) is 18.6. The Morgan fingerprint density at radius 3 is 2.52 bits per heavy atom. The van der Waals surface area contributed by atoms with E-state index in [0.717, 1.165) is 70.3 Å². The van der Waals surface area contributed by atoms with Crippen LogP contribution in [0.25, 0.3) is 0 Å². The van der Waals surface area contributed by atoms with Crippen LogP contribution in [0.15, 0.2) is 24.3 Å². The first-order valence-corrected chi connectivity index (χ1v) is 18.6. The first-order chi connectivity index (χ1) is 21.0. The number of hydrogen-bond donors (Lipinski definition) is 4. The van der Waals surface area contributed by atoms with Crippen LogP contribution in [0.4, 0.5) is 0 Å². The molecule has 2 aliphatic heterocycles. The number of hydrogen-bond acceptors (Lipinski definition) is 5. The van der Waals surface area contributed by atoms with E-state index in [0.29, 0.717) is 53.2 Å². The maximum atomic E-state index is 12.1. The van der Waals surface area contributed by atoms with Crippen LogP contribution in [0, 0.1) is 64.1 Å². The molecule has 0 amide bonds. The van der Waals surface area contributed by atoms with Crippen molar-refractivity contribution in [3.8, 4) is 5.75 Å². The Balaban J connectivity index is 1.03. The van der Waals surface area contributed by atoms with Gasteiger partial charge < -0.3 is 20.4 Å². The van der Waals surface area contributed by atoms with Gasteiger partial charge in [0.25, 0.3) is 0 Å². The van der Waals surface area contributed by atoms with Crippen LogP contribution in [-0.4, -0.2) is 62.3 Å². The second-order valence-corrected chi connectivity index (χ2v) is 18.1. The summed E-state index contributed by atoms with van der Waals surface area (Å²) in [5, 5.41) is 45.6. The zero-order valence-electron chi connectivity index (χ0n) is 27.6. The molecule has 7 fully saturated rings. The van der Waals surface area contributed by atoms with Crippen molar-refractivity contribution in [2.45, 2.75) is 128 Å². The smallest absolute Gasteiger partial charge is 0.115 e. The van der Waals surface area contributed by atoms with Crippen LogP contribution in [0.2, 0.25) is 0 Å². The van der Waals surface area contributed by atoms with E-state index in [2.05, 4.69) is 31.7 Å². The number of fused-ring (bicyclic) bond motifs is 8. The van der Waals surface area contributed by atoms with Gasteiger partial charge in [0.1, 0.15) is 5.75 Å². The topological polar surface area (TPSA) is 84.2 Å². The normalized spacial score (nSPS) is 53.4. The van der Waals surface area contributed by atoms with Gasteiger partial charge in [-0.05, 0) is 172 Å². The van der Waals surface area contributed by atoms with Crippen LogP contribution < -0.4 is 0 Å². The fraction of sp³-hybridized carbons (Fsp3) is 0.846. The second kappa shape index (κ2) is 10.7. The molecule has 0 bridgehead atoms. The van der Waals surface area contributed by atoms with E-state index in [-0.39, 0.29) is 29.0 Å². The molecule has 15 atom stereocenters. The highest BCUT2D eigenvalue weighted by Gasteiger charge is 2.67. The van der Waals surface area contributed by atoms with E-state index in [4.69, 9.17) is 0 Å². The van der Waals surface area contributed by atoms with Crippen LogP contribution in [0.5, 0.6) is 5.75 Å². The molecule has 0 radical (unpaired) electrons. The van der Waals surface area contributed by atoms with Crippen molar-refractivity contribution in [1.82, 2.24) is 4.90 Å². The molecule has 1 aromatic rings. The average Bonchev–Trinajstić information content (AvgIpc) is 3.56. The lowest BCUT2D eigenvalue weighted by atomic mass is 9.46. The lowest BCUT2D eigenvalue weighted by Crippen LogP contribution is -2.67. The highest BCUT2D eigenvalue weighted by molar-refractivity contribution is 5.27. The minimum atomic E-state index is -0.593. The summed E-state index contributed by atoms with van der Waals surface area (Å²) in [5.74, 6) is 5.45. The first kappa shape index (κ1) is 30.2. The summed E-state index contributed by atoms with van der Waals surface area (Å²) in [7, 11) is 0. The minimum absolute atomic E-state index is 0.0156. The van der Waals surface area contributed by atoms with Crippen molar-refractivity contribution in [3.05, 3.63) is 29.8 Å². The maximum Gasteiger partial charge on any atom is 0.115 e. The third-order valence-corrected chi connectivity index (χ3v) is 15.9. The minimum Gasteiger partial charge on any atom is -0.508 e. The highest BCUT2D eigenvalue weighted by atomic mass is 16.3. The zero-order valence-corrected chi connectivity index (χ0v) is 27.6. The molecule has 44 heavy (non-hydrogen) atoms.